The summed E-state index contributed by atoms with van der Waals surface area (Å²) in [4.78, 5) is 33.7. The average molecular weight is 449 g/mol. The Labute approximate surface area is 192 Å². The van der Waals surface area contributed by atoms with Crippen molar-refractivity contribution in [3.8, 4) is 0 Å². The largest absolute Gasteiger partial charge is 0.460 e. The minimum absolute atomic E-state index is 0.0889. The third-order valence-corrected chi connectivity index (χ3v) is 6.50. The Morgan fingerprint density at radius 1 is 1.12 bits per heavy atom. The molecule has 1 aromatic heterocycles. The van der Waals surface area contributed by atoms with E-state index in [9.17, 15) is 9.59 Å². The first-order valence-corrected chi connectivity index (χ1v) is 12.2. The molecule has 1 amide bonds. The zero-order chi connectivity index (χ0) is 23.1. The molecule has 1 aromatic rings. The summed E-state index contributed by atoms with van der Waals surface area (Å²) >= 11 is 0. The normalized spacial score (nSPS) is 19.7. The quantitative estimate of drug-likeness (QED) is 0.555. The van der Waals surface area contributed by atoms with Crippen LogP contribution in [0.5, 0.6) is 0 Å². The second-order valence-corrected chi connectivity index (χ2v) is 10.5. The molecule has 1 aliphatic heterocycles. The van der Waals surface area contributed by atoms with Crippen molar-refractivity contribution in [3.63, 3.8) is 0 Å². The van der Waals surface area contributed by atoms with Gasteiger partial charge in [0.05, 0.1) is 6.42 Å². The highest BCUT2D eigenvalue weighted by Crippen LogP contribution is 2.31. The molecule has 1 saturated heterocycles. The summed E-state index contributed by atoms with van der Waals surface area (Å²) in [7, 11) is 2.04. The Kier molecular flexibility index (Phi) is 8.68. The fourth-order valence-corrected chi connectivity index (χ4v) is 4.66. The summed E-state index contributed by atoms with van der Waals surface area (Å²) < 4.78 is 11.0. The van der Waals surface area contributed by atoms with Crippen LogP contribution in [0.4, 0.5) is 0 Å². The minimum atomic E-state index is -0.541. The van der Waals surface area contributed by atoms with Gasteiger partial charge in [0.25, 0.3) is 11.7 Å². The lowest BCUT2D eigenvalue weighted by Gasteiger charge is -2.31. The number of nitrogens with zero attached hydrogens (tertiary/aromatic N) is 4. The van der Waals surface area contributed by atoms with Crippen molar-refractivity contribution in [1.82, 2.24) is 19.9 Å². The molecule has 0 aromatic carbocycles. The van der Waals surface area contributed by atoms with Crippen LogP contribution in [0.1, 0.15) is 101 Å². The van der Waals surface area contributed by atoms with Crippen LogP contribution in [0, 0.1) is 5.92 Å². The maximum Gasteiger partial charge on any atom is 0.307 e. The molecular formula is C24H40N4O4. The SMILES string of the molecule is CN1CCN(C(=O)c2noc([C@H](CCCC3CCCCC3)CC(=O)OC(C)(C)C)n2)CC1. The first-order chi connectivity index (χ1) is 15.2. The number of likely N-dealkylation sites (N-methyl/N-ethyl adjacent to an activating group) is 1. The van der Waals surface area contributed by atoms with E-state index >= 15 is 0 Å². The van der Waals surface area contributed by atoms with Crippen molar-refractivity contribution >= 4 is 11.9 Å². The number of aromatic nitrogens is 2. The third-order valence-electron chi connectivity index (χ3n) is 6.50. The van der Waals surface area contributed by atoms with Gasteiger partial charge in [-0.15, -0.1) is 0 Å². The number of piperazine rings is 1. The van der Waals surface area contributed by atoms with E-state index in [2.05, 4.69) is 15.0 Å². The molecule has 1 atom stereocenters. The topological polar surface area (TPSA) is 88.8 Å². The Morgan fingerprint density at radius 3 is 2.47 bits per heavy atom. The third kappa shape index (κ3) is 7.57. The first-order valence-electron chi connectivity index (χ1n) is 12.2. The Morgan fingerprint density at radius 2 is 1.81 bits per heavy atom. The molecule has 1 aliphatic carbocycles. The highest BCUT2D eigenvalue weighted by atomic mass is 16.6. The lowest BCUT2D eigenvalue weighted by molar-refractivity contribution is -0.155. The molecular weight excluding hydrogens is 408 g/mol. The van der Waals surface area contributed by atoms with E-state index in [1.807, 2.05) is 27.8 Å². The molecule has 32 heavy (non-hydrogen) atoms. The summed E-state index contributed by atoms with van der Waals surface area (Å²) in [6.45, 7) is 8.56. The molecule has 8 nitrogen and oxygen atoms in total. The zero-order valence-corrected chi connectivity index (χ0v) is 20.3. The molecule has 2 aliphatic rings. The van der Waals surface area contributed by atoms with Crippen LogP contribution in [0.25, 0.3) is 0 Å². The number of ether oxygens (including phenoxy) is 1. The van der Waals surface area contributed by atoms with Gasteiger partial charge >= 0.3 is 5.97 Å². The van der Waals surface area contributed by atoms with Crippen molar-refractivity contribution < 1.29 is 18.8 Å². The van der Waals surface area contributed by atoms with Gasteiger partial charge in [0.15, 0.2) is 0 Å². The number of hydrogen-bond acceptors (Lipinski definition) is 7. The number of carbonyl (C=O) groups excluding carboxylic acids is 2. The monoisotopic (exact) mass is 448 g/mol. The molecule has 2 heterocycles. The highest BCUT2D eigenvalue weighted by molar-refractivity contribution is 5.90. The van der Waals surface area contributed by atoms with Gasteiger partial charge < -0.3 is 19.1 Å². The van der Waals surface area contributed by atoms with E-state index in [1.54, 1.807) is 4.90 Å². The van der Waals surface area contributed by atoms with Crippen LogP contribution in [-0.2, 0) is 9.53 Å². The average Bonchev–Trinajstić information content (AvgIpc) is 3.23. The van der Waals surface area contributed by atoms with Crippen molar-refractivity contribution in [2.45, 2.75) is 90.1 Å². The van der Waals surface area contributed by atoms with E-state index < -0.39 is 5.60 Å². The van der Waals surface area contributed by atoms with E-state index in [0.717, 1.165) is 38.3 Å². The van der Waals surface area contributed by atoms with Crippen LogP contribution in [-0.4, -0.2) is 70.6 Å². The smallest absolute Gasteiger partial charge is 0.307 e. The van der Waals surface area contributed by atoms with Gasteiger partial charge in [0.2, 0.25) is 5.89 Å². The summed E-state index contributed by atoms with van der Waals surface area (Å²) in [5.41, 5.74) is -0.541. The molecule has 2 fully saturated rings. The van der Waals surface area contributed by atoms with Gasteiger partial charge in [0, 0.05) is 32.1 Å². The fraction of sp³-hybridized carbons (Fsp3) is 0.833. The lowest BCUT2D eigenvalue weighted by atomic mass is 9.84. The van der Waals surface area contributed by atoms with Crippen molar-refractivity contribution in [2.75, 3.05) is 33.2 Å². The first kappa shape index (κ1) is 24.7. The highest BCUT2D eigenvalue weighted by Gasteiger charge is 2.29. The molecule has 0 N–H and O–H groups in total. The van der Waals surface area contributed by atoms with Crippen LogP contribution < -0.4 is 0 Å². The Hall–Kier alpha value is -1.96. The van der Waals surface area contributed by atoms with Crippen LogP contribution in [0.15, 0.2) is 4.52 Å². The number of amides is 1. The molecule has 180 valence electrons. The number of rotatable bonds is 8. The molecule has 0 unspecified atom stereocenters. The van der Waals surface area contributed by atoms with Gasteiger partial charge in [-0.1, -0.05) is 50.1 Å². The Balaban J connectivity index is 1.63. The molecule has 0 spiro atoms. The molecule has 0 bridgehead atoms. The molecule has 3 rings (SSSR count). The number of carbonyl (C=O) groups is 2. The van der Waals surface area contributed by atoms with Crippen LogP contribution >= 0.6 is 0 Å². The summed E-state index contributed by atoms with van der Waals surface area (Å²) in [6, 6.07) is 0. The maximum atomic E-state index is 12.8. The van der Waals surface area contributed by atoms with Gasteiger partial charge in [-0.3, -0.25) is 9.59 Å². The van der Waals surface area contributed by atoms with E-state index in [4.69, 9.17) is 9.26 Å². The molecule has 0 radical (unpaired) electrons. The van der Waals surface area contributed by atoms with E-state index in [-0.39, 0.29) is 30.0 Å². The fourth-order valence-electron chi connectivity index (χ4n) is 4.66. The predicted octanol–water partition coefficient (Wildman–Crippen LogP) is 4.02. The van der Waals surface area contributed by atoms with Gasteiger partial charge in [-0.05, 0) is 40.2 Å². The Bertz CT molecular complexity index is 743. The minimum Gasteiger partial charge on any atom is -0.460 e. The number of hydrogen-bond donors (Lipinski definition) is 0. The number of esters is 1. The van der Waals surface area contributed by atoms with Gasteiger partial charge in [-0.2, -0.15) is 4.98 Å². The zero-order valence-electron chi connectivity index (χ0n) is 20.3. The van der Waals surface area contributed by atoms with Gasteiger partial charge in [-0.25, -0.2) is 0 Å². The van der Waals surface area contributed by atoms with Crippen molar-refractivity contribution in [3.05, 3.63) is 11.7 Å². The molecule has 8 heteroatoms. The molecule has 1 saturated carbocycles. The predicted molar refractivity (Wildman–Crippen MR) is 121 cm³/mol. The second-order valence-electron chi connectivity index (χ2n) is 10.5. The summed E-state index contributed by atoms with van der Waals surface area (Å²) in [5.74, 6) is 0.539. The maximum absolute atomic E-state index is 12.8. The summed E-state index contributed by atoms with van der Waals surface area (Å²) in [6.07, 6.45) is 9.74. The van der Waals surface area contributed by atoms with E-state index in [1.165, 1.54) is 32.1 Å². The second kappa shape index (κ2) is 11.3. The van der Waals surface area contributed by atoms with Crippen molar-refractivity contribution in [1.29, 1.82) is 0 Å². The van der Waals surface area contributed by atoms with Gasteiger partial charge in [0.1, 0.15) is 5.60 Å². The van der Waals surface area contributed by atoms with Crippen LogP contribution in [0.3, 0.4) is 0 Å². The standard InChI is InChI=1S/C24H40N4O4/c1-24(2,3)31-20(29)17-19(12-8-11-18-9-6-5-7-10-18)22-25-21(26-32-22)23(30)28-15-13-27(4)14-16-28/h18-19H,5-17H2,1-4H3/t19-/m1/s1. The summed E-state index contributed by atoms with van der Waals surface area (Å²) in [5, 5.41) is 3.97. The van der Waals surface area contributed by atoms with Crippen LogP contribution in [0.2, 0.25) is 0 Å². The van der Waals surface area contributed by atoms with Crippen molar-refractivity contribution in [2.24, 2.45) is 5.92 Å². The lowest BCUT2D eigenvalue weighted by Crippen LogP contribution is -2.47. The van der Waals surface area contributed by atoms with E-state index in [0.29, 0.717) is 19.0 Å².